The maximum absolute atomic E-state index is 13.0. The Hall–Kier alpha value is -4.27. The van der Waals surface area contributed by atoms with Crippen molar-refractivity contribution in [3.8, 4) is 22.6 Å². The van der Waals surface area contributed by atoms with Crippen LogP contribution in [0.25, 0.3) is 22.6 Å². The number of likely N-dealkylation sites (tertiary alicyclic amines) is 1. The van der Waals surface area contributed by atoms with Crippen LogP contribution in [0.3, 0.4) is 0 Å². The first kappa shape index (κ1) is 22.5. The summed E-state index contributed by atoms with van der Waals surface area (Å²) in [5.74, 6) is 1.51. The van der Waals surface area contributed by atoms with Gasteiger partial charge in [0.15, 0.2) is 5.82 Å². The third-order valence-electron chi connectivity index (χ3n) is 6.41. The summed E-state index contributed by atoms with van der Waals surface area (Å²) in [6, 6.07) is 17.1. The van der Waals surface area contributed by atoms with Crippen molar-refractivity contribution in [1.82, 2.24) is 29.6 Å². The second kappa shape index (κ2) is 8.83. The molecule has 35 heavy (non-hydrogen) atoms. The van der Waals surface area contributed by atoms with Crippen LogP contribution in [-0.4, -0.2) is 47.6 Å². The van der Waals surface area contributed by atoms with Crippen LogP contribution in [0.1, 0.15) is 37.0 Å². The summed E-state index contributed by atoms with van der Waals surface area (Å²) in [7, 11) is 1.84. The van der Waals surface area contributed by atoms with Gasteiger partial charge in [-0.2, -0.15) is 4.98 Å². The lowest BCUT2D eigenvalue weighted by molar-refractivity contribution is 0.0652. The van der Waals surface area contributed by atoms with Gasteiger partial charge in [-0.15, -0.1) is 5.10 Å². The van der Waals surface area contributed by atoms with Gasteiger partial charge in [-0.3, -0.25) is 4.79 Å². The number of aryl methyl sites for hydroxylation is 1. The molecule has 9 nitrogen and oxygen atoms in total. The lowest BCUT2D eigenvalue weighted by Crippen LogP contribution is -2.42. The molecule has 9 heteroatoms. The minimum Gasteiger partial charge on any atom is -0.368 e. The fraction of sp³-hybridized carbons (Fsp3) is 0.269. The van der Waals surface area contributed by atoms with E-state index in [1.54, 1.807) is 10.9 Å². The van der Waals surface area contributed by atoms with Crippen molar-refractivity contribution in [2.45, 2.75) is 32.2 Å². The molecule has 4 aromatic rings. The van der Waals surface area contributed by atoms with Crippen molar-refractivity contribution in [3.63, 3.8) is 0 Å². The molecule has 2 aromatic carbocycles. The Balaban J connectivity index is 1.30. The molecule has 0 aliphatic carbocycles. The normalized spacial score (nSPS) is 14.8. The summed E-state index contributed by atoms with van der Waals surface area (Å²) in [5, 5.41) is 7.84. The van der Waals surface area contributed by atoms with Gasteiger partial charge in [0.25, 0.3) is 5.91 Å². The van der Waals surface area contributed by atoms with E-state index < -0.39 is 0 Å². The highest BCUT2D eigenvalue weighted by Crippen LogP contribution is 2.30. The van der Waals surface area contributed by atoms with Crippen LogP contribution in [0.5, 0.6) is 0 Å². The van der Waals surface area contributed by atoms with Gasteiger partial charge in [0.05, 0.1) is 5.69 Å². The largest absolute Gasteiger partial charge is 0.368 e. The molecule has 0 radical (unpaired) electrons. The van der Waals surface area contributed by atoms with E-state index >= 15 is 0 Å². The molecule has 0 saturated carbocycles. The quantitative estimate of drug-likeness (QED) is 0.449. The first-order valence-electron chi connectivity index (χ1n) is 11.6. The average Bonchev–Trinajstić information content (AvgIpc) is 3.40. The van der Waals surface area contributed by atoms with Crippen LogP contribution >= 0.6 is 0 Å². The average molecular weight is 469 g/mol. The van der Waals surface area contributed by atoms with Crippen LogP contribution < -0.4 is 11.1 Å². The minimum atomic E-state index is -0.0980. The van der Waals surface area contributed by atoms with Crippen molar-refractivity contribution in [2.24, 2.45) is 7.05 Å². The Kier molecular flexibility index (Phi) is 5.68. The molecule has 1 aliphatic rings. The number of hydrogen-bond acceptors (Lipinski definition) is 7. The Labute approximate surface area is 204 Å². The molecule has 3 heterocycles. The van der Waals surface area contributed by atoms with Crippen molar-refractivity contribution in [1.29, 1.82) is 0 Å². The van der Waals surface area contributed by atoms with Gasteiger partial charge >= 0.3 is 0 Å². The van der Waals surface area contributed by atoms with Crippen molar-refractivity contribution >= 4 is 23.5 Å². The molecule has 1 aliphatic heterocycles. The topological polar surface area (TPSA) is 115 Å². The summed E-state index contributed by atoms with van der Waals surface area (Å²) in [5.41, 5.74) is 9.69. The summed E-state index contributed by atoms with van der Waals surface area (Å²) >= 11 is 0. The van der Waals surface area contributed by atoms with E-state index in [0.717, 1.165) is 41.9 Å². The second-order valence-corrected chi connectivity index (χ2v) is 9.34. The smallest absolute Gasteiger partial charge is 0.254 e. The molecule has 1 saturated heterocycles. The zero-order valence-electron chi connectivity index (χ0n) is 20.1. The maximum atomic E-state index is 13.0. The standard InChI is InChI=1S/C26H28N8O/c1-26(2)14-4-16-34(26)23(35)19-7-5-18(6-8-19)22-31-25(33(3)32-22)29-20-11-9-17(10-12-20)21-13-15-28-24(27)30-21/h5-13,15H,4,14,16H2,1-3H3,(H2,27,28,30)(H,29,31,32). The number of rotatable bonds is 5. The molecule has 178 valence electrons. The first-order chi connectivity index (χ1) is 16.8. The Morgan fingerprint density at radius 2 is 1.71 bits per heavy atom. The SMILES string of the molecule is Cn1nc(-c2ccc(C(=O)N3CCCC3(C)C)cc2)nc1Nc1ccc(-c2ccnc(N)n2)cc1. The van der Waals surface area contributed by atoms with Gasteiger partial charge in [0, 0.05) is 47.7 Å². The number of nitrogens with two attached hydrogens (primary N) is 1. The summed E-state index contributed by atoms with van der Waals surface area (Å²) in [6.45, 7) is 5.05. The second-order valence-electron chi connectivity index (χ2n) is 9.34. The van der Waals surface area contributed by atoms with Gasteiger partial charge in [-0.25, -0.2) is 14.6 Å². The number of benzene rings is 2. The minimum absolute atomic E-state index is 0.0727. The first-order valence-corrected chi connectivity index (χ1v) is 11.6. The highest BCUT2D eigenvalue weighted by Gasteiger charge is 2.35. The van der Waals surface area contributed by atoms with E-state index in [9.17, 15) is 4.79 Å². The Morgan fingerprint density at radius 3 is 2.37 bits per heavy atom. The number of nitrogens with one attached hydrogen (secondary N) is 1. The molecule has 0 spiro atoms. The fourth-order valence-electron chi connectivity index (χ4n) is 4.41. The van der Waals surface area contributed by atoms with Crippen molar-refractivity contribution in [2.75, 3.05) is 17.6 Å². The number of aromatic nitrogens is 5. The number of hydrogen-bond donors (Lipinski definition) is 2. The van der Waals surface area contributed by atoms with Crippen molar-refractivity contribution in [3.05, 3.63) is 66.4 Å². The van der Waals surface area contributed by atoms with Gasteiger partial charge in [0.2, 0.25) is 11.9 Å². The van der Waals surface area contributed by atoms with E-state index in [4.69, 9.17) is 5.73 Å². The van der Waals surface area contributed by atoms with Crippen molar-refractivity contribution < 1.29 is 4.79 Å². The van der Waals surface area contributed by atoms with E-state index in [2.05, 4.69) is 39.2 Å². The highest BCUT2D eigenvalue weighted by molar-refractivity contribution is 5.95. The molecular weight excluding hydrogens is 440 g/mol. The number of nitrogens with zero attached hydrogens (tertiary/aromatic N) is 6. The highest BCUT2D eigenvalue weighted by atomic mass is 16.2. The summed E-state index contributed by atoms with van der Waals surface area (Å²) < 4.78 is 1.69. The van der Waals surface area contributed by atoms with Crippen LogP contribution in [0.4, 0.5) is 17.6 Å². The molecule has 5 rings (SSSR count). The van der Waals surface area contributed by atoms with Gasteiger partial charge in [-0.1, -0.05) is 24.3 Å². The Morgan fingerprint density at radius 1 is 1.00 bits per heavy atom. The monoisotopic (exact) mass is 468 g/mol. The molecule has 0 atom stereocenters. The maximum Gasteiger partial charge on any atom is 0.254 e. The van der Waals surface area contributed by atoms with E-state index in [1.165, 1.54) is 0 Å². The number of nitrogen functional groups attached to an aromatic ring is 1. The summed E-state index contributed by atoms with van der Waals surface area (Å²) in [4.78, 5) is 27.8. The van der Waals surface area contributed by atoms with Gasteiger partial charge in [-0.05, 0) is 57.0 Å². The third-order valence-corrected chi connectivity index (χ3v) is 6.41. The molecule has 2 aromatic heterocycles. The zero-order chi connectivity index (χ0) is 24.6. The van der Waals surface area contributed by atoms with E-state index in [1.807, 2.05) is 66.5 Å². The predicted molar refractivity (Wildman–Crippen MR) is 136 cm³/mol. The molecule has 1 amide bonds. The van der Waals surface area contributed by atoms with Gasteiger partial charge < -0.3 is 16.0 Å². The van der Waals surface area contributed by atoms with Gasteiger partial charge in [0.1, 0.15) is 0 Å². The number of amides is 1. The predicted octanol–water partition coefficient (Wildman–Crippen LogP) is 4.28. The third kappa shape index (κ3) is 4.57. The molecule has 1 fully saturated rings. The van der Waals surface area contributed by atoms with Crippen LogP contribution in [0, 0.1) is 0 Å². The number of carbonyl (C=O) groups excluding carboxylic acids is 1. The van der Waals surface area contributed by atoms with E-state index in [-0.39, 0.29) is 17.4 Å². The van der Waals surface area contributed by atoms with Crippen LogP contribution in [0.2, 0.25) is 0 Å². The van der Waals surface area contributed by atoms with Crippen LogP contribution in [0.15, 0.2) is 60.8 Å². The van der Waals surface area contributed by atoms with E-state index in [0.29, 0.717) is 17.3 Å². The molecule has 0 bridgehead atoms. The molecule has 3 N–H and O–H groups in total. The lowest BCUT2D eigenvalue weighted by Gasteiger charge is -2.31. The zero-order valence-corrected chi connectivity index (χ0v) is 20.1. The number of carbonyl (C=O) groups is 1. The molecule has 0 unspecified atom stereocenters. The fourth-order valence-corrected chi connectivity index (χ4v) is 4.41. The lowest BCUT2D eigenvalue weighted by atomic mass is 10.0. The van der Waals surface area contributed by atoms with Crippen LogP contribution in [-0.2, 0) is 7.05 Å². The Bertz CT molecular complexity index is 1360. The molecular formula is C26H28N8O. The number of anilines is 3. The summed E-state index contributed by atoms with van der Waals surface area (Å²) in [6.07, 6.45) is 3.71.